The smallest absolute Gasteiger partial charge is 0.410 e. The molecular weight excluding hydrogens is 372 g/mol. The Morgan fingerprint density at radius 2 is 2.00 bits per heavy atom. The number of nitrogens with zero attached hydrogens (tertiary/aromatic N) is 1. The number of sulfonamides is 1. The van der Waals surface area contributed by atoms with Gasteiger partial charge in [-0.25, -0.2) is 22.7 Å². The fourth-order valence-electron chi connectivity index (χ4n) is 3.53. The van der Waals surface area contributed by atoms with Crippen LogP contribution in [0.25, 0.3) is 0 Å². The second-order valence-corrected chi connectivity index (χ2v) is 8.45. The first-order valence-electron chi connectivity index (χ1n) is 8.59. The van der Waals surface area contributed by atoms with E-state index in [1.807, 2.05) is 37.3 Å². The standard InChI is InChI=1S/C18H22N2O6S/c1-13-10-18(11-15(16(21)25-2)27(23,24)19-18)8-9-20(13)17(22)26-12-14-6-4-3-5-7-14/h3-7,11,13,19H,8-10,12H2,1-2H3. The van der Waals surface area contributed by atoms with Crippen molar-refractivity contribution in [2.24, 2.45) is 0 Å². The number of hydrogen-bond donors (Lipinski definition) is 1. The number of amides is 1. The van der Waals surface area contributed by atoms with E-state index < -0.39 is 27.6 Å². The van der Waals surface area contributed by atoms with E-state index in [9.17, 15) is 18.0 Å². The molecule has 8 nitrogen and oxygen atoms in total. The Kier molecular flexibility index (Phi) is 5.25. The number of benzene rings is 1. The molecule has 1 N–H and O–H groups in total. The second kappa shape index (κ2) is 7.32. The first kappa shape index (κ1) is 19.4. The van der Waals surface area contributed by atoms with Crippen LogP contribution in [0.2, 0.25) is 0 Å². The van der Waals surface area contributed by atoms with E-state index in [1.54, 1.807) is 4.90 Å². The van der Waals surface area contributed by atoms with Gasteiger partial charge in [0.2, 0.25) is 10.0 Å². The summed E-state index contributed by atoms with van der Waals surface area (Å²) in [5.74, 6) is -0.892. The number of carbonyl (C=O) groups is 2. The zero-order valence-electron chi connectivity index (χ0n) is 15.2. The number of ether oxygens (including phenoxy) is 2. The summed E-state index contributed by atoms with van der Waals surface area (Å²) < 4.78 is 36.9. The van der Waals surface area contributed by atoms with E-state index >= 15 is 0 Å². The van der Waals surface area contributed by atoms with Gasteiger partial charge in [0, 0.05) is 12.6 Å². The maximum absolute atomic E-state index is 12.4. The molecule has 1 saturated heterocycles. The van der Waals surface area contributed by atoms with Gasteiger partial charge in [-0.1, -0.05) is 30.3 Å². The summed E-state index contributed by atoms with van der Waals surface area (Å²) in [6, 6.07) is 9.10. The molecule has 0 aromatic heterocycles. The summed E-state index contributed by atoms with van der Waals surface area (Å²) in [5, 5.41) is 0. The number of nitrogens with one attached hydrogen (secondary N) is 1. The molecule has 2 aliphatic heterocycles. The van der Waals surface area contributed by atoms with Crippen LogP contribution in [0, 0.1) is 0 Å². The van der Waals surface area contributed by atoms with Gasteiger partial charge in [-0.05, 0) is 31.4 Å². The van der Waals surface area contributed by atoms with Gasteiger partial charge in [-0.15, -0.1) is 0 Å². The Balaban J connectivity index is 1.66. The second-order valence-electron chi connectivity index (χ2n) is 6.80. The number of esters is 1. The van der Waals surface area contributed by atoms with Gasteiger partial charge in [0.1, 0.15) is 6.61 Å². The van der Waals surface area contributed by atoms with Gasteiger partial charge in [0.15, 0.2) is 4.91 Å². The molecule has 3 rings (SSSR count). The number of rotatable bonds is 3. The lowest BCUT2D eigenvalue weighted by Gasteiger charge is -2.41. The number of methoxy groups -OCH3 is 1. The van der Waals surface area contributed by atoms with Crippen LogP contribution in [0.5, 0.6) is 0 Å². The van der Waals surface area contributed by atoms with Crippen molar-refractivity contribution in [1.29, 1.82) is 0 Å². The quantitative estimate of drug-likeness (QED) is 0.780. The van der Waals surface area contributed by atoms with Gasteiger partial charge >= 0.3 is 12.1 Å². The molecule has 1 aromatic rings. The molecule has 27 heavy (non-hydrogen) atoms. The van der Waals surface area contributed by atoms with Crippen molar-refractivity contribution in [3.63, 3.8) is 0 Å². The summed E-state index contributed by atoms with van der Waals surface area (Å²) in [6.45, 7) is 2.30. The molecule has 0 radical (unpaired) electrons. The van der Waals surface area contributed by atoms with Crippen LogP contribution >= 0.6 is 0 Å². The van der Waals surface area contributed by atoms with Crippen molar-refractivity contribution in [2.45, 2.75) is 38.0 Å². The number of hydrogen-bond acceptors (Lipinski definition) is 6. The number of likely N-dealkylation sites (tertiary alicyclic amines) is 1. The maximum Gasteiger partial charge on any atom is 0.410 e. The molecule has 146 valence electrons. The fourth-order valence-corrected chi connectivity index (χ4v) is 5.10. The minimum Gasteiger partial charge on any atom is -0.465 e. The largest absolute Gasteiger partial charge is 0.465 e. The normalized spacial score (nSPS) is 26.5. The Hall–Kier alpha value is -2.39. The van der Waals surface area contributed by atoms with Gasteiger partial charge in [0.05, 0.1) is 12.6 Å². The van der Waals surface area contributed by atoms with Crippen LogP contribution in [-0.4, -0.2) is 50.6 Å². The Labute approximate surface area is 158 Å². The van der Waals surface area contributed by atoms with E-state index in [2.05, 4.69) is 9.46 Å². The highest BCUT2D eigenvalue weighted by Gasteiger charge is 2.48. The zero-order chi connectivity index (χ0) is 19.7. The molecule has 0 bridgehead atoms. The first-order valence-corrected chi connectivity index (χ1v) is 10.1. The third kappa shape index (κ3) is 3.98. The maximum atomic E-state index is 12.4. The summed E-state index contributed by atoms with van der Waals surface area (Å²) in [6.07, 6.45) is 1.65. The molecule has 1 aromatic carbocycles. The van der Waals surface area contributed by atoms with Crippen molar-refractivity contribution in [1.82, 2.24) is 9.62 Å². The van der Waals surface area contributed by atoms with Crippen molar-refractivity contribution in [2.75, 3.05) is 13.7 Å². The van der Waals surface area contributed by atoms with Crippen LogP contribution in [0.15, 0.2) is 41.3 Å². The van der Waals surface area contributed by atoms with Gasteiger partial charge in [-0.3, -0.25) is 0 Å². The van der Waals surface area contributed by atoms with Gasteiger partial charge < -0.3 is 14.4 Å². The summed E-state index contributed by atoms with van der Waals surface area (Å²) in [4.78, 5) is 25.3. The predicted molar refractivity (Wildman–Crippen MR) is 96.9 cm³/mol. The summed E-state index contributed by atoms with van der Waals surface area (Å²) in [5.41, 5.74) is -0.000900. The molecule has 1 spiro atoms. The van der Waals surface area contributed by atoms with E-state index in [0.29, 0.717) is 19.4 Å². The molecule has 0 aliphatic carbocycles. The van der Waals surface area contributed by atoms with Crippen molar-refractivity contribution in [3.8, 4) is 0 Å². The van der Waals surface area contributed by atoms with E-state index in [1.165, 1.54) is 6.08 Å². The van der Waals surface area contributed by atoms with Crippen molar-refractivity contribution in [3.05, 3.63) is 46.9 Å². The highest BCUT2D eigenvalue weighted by Crippen LogP contribution is 2.36. The third-order valence-electron chi connectivity index (χ3n) is 4.85. The minimum atomic E-state index is -3.91. The first-order chi connectivity index (χ1) is 12.8. The average molecular weight is 394 g/mol. The molecule has 0 saturated carbocycles. The molecule has 1 amide bonds. The number of carbonyl (C=O) groups excluding carboxylic acids is 2. The van der Waals surface area contributed by atoms with Crippen LogP contribution < -0.4 is 4.72 Å². The van der Waals surface area contributed by atoms with Crippen molar-refractivity contribution >= 4 is 22.1 Å². The Morgan fingerprint density at radius 3 is 2.63 bits per heavy atom. The zero-order valence-corrected chi connectivity index (χ0v) is 16.0. The van der Waals surface area contributed by atoms with Gasteiger partial charge in [-0.2, -0.15) is 0 Å². The van der Waals surface area contributed by atoms with E-state index in [0.717, 1.165) is 12.7 Å². The minimum absolute atomic E-state index is 0.174. The molecular formula is C18H22N2O6S. The Bertz CT molecular complexity index is 867. The van der Waals surface area contributed by atoms with Gasteiger partial charge in [0.25, 0.3) is 0 Å². The fraction of sp³-hybridized carbons (Fsp3) is 0.444. The van der Waals surface area contributed by atoms with Crippen LogP contribution in [0.3, 0.4) is 0 Å². The lowest BCUT2D eigenvalue weighted by Crippen LogP contribution is -2.55. The lowest BCUT2D eigenvalue weighted by atomic mass is 9.84. The average Bonchev–Trinajstić information content (AvgIpc) is 2.90. The molecule has 2 unspecified atom stereocenters. The van der Waals surface area contributed by atoms with Crippen LogP contribution in [-0.2, 0) is 30.9 Å². The predicted octanol–water partition coefficient (Wildman–Crippen LogP) is 1.54. The monoisotopic (exact) mass is 394 g/mol. The molecule has 2 heterocycles. The molecule has 2 atom stereocenters. The van der Waals surface area contributed by atoms with E-state index in [-0.39, 0.29) is 17.6 Å². The summed E-state index contributed by atoms with van der Waals surface area (Å²) in [7, 11) is -2.78. The topological polar surface area (TPSA) is 102 Å². The highest BCUT2D eigenvalue weighted by molar-refractivity contribution is 7.94. The highest BCUT2D eigenvalue weighted by atomic mass is 32.2. The SMILES string of the molecule is COC(=O)C1=CC2(CCN(C(=O)OCc3ccccc3)C(C)C2)NS1(=O)=O. The lowest BCUT2D eigenvalue weighted by molar-refractivity contribution is -0.135. The molecule has 9 heteroatoms. The van der Waals surface area contributed by atoms with Crippen LogP contribution in [0.4, 0.5) is 4.79 Å². The Morgan fingerprint density at radius 1 is 1.30 bits per heavy atom. The summed E-state index contributed by atoms with van der Waals surface area (Å²) >= 11 is 0. The molecule has 2 aliphatic rings. The molecule has 1 fully saturated rings. The number of piperidine rings is 1. The van der Waals surface area contributed by atoms with Crippen molar-refractivity contribution < 1.29 is 27.5 Å². The van der Waals surface area contributed by atoms with Crippen LogP contribution in [0.1, 0.15) is 25.3 Å². The third-order valence-corrected chi connectivity index (χ3v) is 6.39. The van der Waals surface area contributed by atoms with E-state index in [4.69, 9.17) is 4.74 Å².